The zero-order valence-corrected chi connectivity index (χ0v) is 8.10. The number of aromatic carboxylic acids is 1. The fourth-order valence-electron chi connectivity index (χ4n) is 1.07. The average molecular weight is 225 g/mol. The number of rotatable bonds is 2. The number of carbonyl (C=O) groups is 1. The van der Waals surface area contributed by atoms with E-state index in [4.69, 9.17) is 22.8 Å². The molecule has 0 atom stereocenters. The summed E-state index contributed by atoms with van der Waals surface area (Å²) in [5.41, 5.74) is -0.119. The molecule has 77 valence electrons. The number of aromatic nitrogens is 4. The van der Waals surface area contributed by atoms with Gasteiger partial charge >= 0.3 is 5.97 Å². The van der Waals surface area contributed by atoms with Crippen LogP contribution in [0.2, 0.25) is 0 Å². The average Bonchev–Trinajstić information content (AvgIpc) is 2.61. The second-order valence-electron chi connectivity index (χ2n) is 2.68. The third kappa shape index (κ3) is 1.49. The molecule has 0 aliphatic carbocycles. The van der Waals surface area contributed by atoms with Gasteiger partial charge in [-0.05, 0) is 0 Å². The van der Waals surface area contributed by atoms with Gasteiger partial charge in [-0.1, -0.05) is 12.6 Å². The van der Waals surface area contributed by atoms with E-state index < -0.39 is 5.97 Å². The normalized spacial score (nSPS) is 10.7. The molecule has 2 heterocycles. The van der Waals surface area contributed by atoms with Crippen LogP contribution in [0, 0.1) is 0 Å². The highest BCUT2D eigenvalue weighted by Crippen LogP contribution is 2.13. The van der Waals surface area contributed by atoms with Crippen LogP contribution in [0.1, 0.15) is 16.2 Å². The standard InChI is InChI=1S/C7H5N4O3S/c12-2-4-9-7-8-1-3(6(13)14)5(15)11(7)10-4/h1,12H,2H2,(H,13,14). The Kier molecular flexibility index (Phi) is 2.21. The van der Waals surface area contributed by atoms with Crippen LogP contribution in [-0.4, -0.2) is 35.8 Å². The van der Waals surface area contributed by atoms with Crippen molar-refractivity contribution < 1.29 is 15.0 Å². The van der Waals surface area contributed by atoms with Gasteiger partial charge in [0.05, 0.1) is 0 Å². The van der Waals surface area contributed by atoms with Gasteiger partial charge in [-0.3, -0.25) is 0 Å². The molecule has 0 saturated heterocycles. The zero-order chi connectivity index (χ0) is 11.0. The van der Waals surface area contributed by atoms with E-state index in [0.717, 1.165) is 10.7 Å². The number of carboxylic acid groups (broad SMARTS) is 1. The molecule has 0 aliphatic rings. The predicted octanol–water partition coefficient (Wildman–Crippen LogP) is -0.129. The fourth-order valence-corrected chi connectivity index (χ4v) is 1.33. The smallest absolute Gasteiger partial charge is 0.340 e. The zero-order valence-electron chi connectivity index (χ0n) is 7.28. The van der Waals surface area contributed by atoms with Crippen molar-refractivity contribution >= 4 is 24.4 Å². The molecule has 1 radical (unpaired) electrons. The number of aliphatic hydroxyl groups excluding tert-OH is 1. The summed E-state index contributed by atoms with van der Waals surface area (Å²) in [5.74, 6) is -0.847. The van der Waals surface area contributed by atoms with Crippen molar-refractivity contribution in [1.82, 2.24) is 19.6 Å². The molecule has 0 saturated carbocycles. The molecule has 2 N–H and O–H groups in total. The van der Waals surface area contributed by atoms with Crippen LogP contribution in [0.25, 0.3) is 5.78 Å². The summed E-state index contributed by atoms with van der Waals surface area (Å²) in [5, 5.41) is 21.4. The van der Waals surface area contributed by atoms with Crippen LogP contribution < -0.4 is 0 Å². The van der Waals surface area contributed by atoms with Crippen LogP contribution in [0.4, 0.5) is 0 Å². The van der Waals surface area contributed by atoms with Crippen LogP contribution >= 0.6 is 12.6 Å². The lowest BCUT2D eigenvalue weighted by molar-refractivity contribution is 0.0691. The van der Waals surface area contributed by atoms with Crippen molar-refractivity contribution in [3.05, 3.63) is 17.6 Å². The first-order valence-electron chi connectivity index (χ1n) is 3.89. The maximum Gasteiger partial charge on any atom is 0.340 e. The maximum absolute atomic E-state index is 10.7. The van der Waals surface area contributed by atoms with Gasteiger partial charge in [-0.25, -0.2) is 9.78 Å². The van der Waals surface area contributed by atoms with Crippen LogP contribution in [-0.2, 0) is 6.61 Å². The molecular formula is C7H5N4O3S. The topological polar surface area (TPSA) is 101 Å². The summed E-state index contributed by atoms with van der Waals surface area (Å²) in [7, 11) is 0. The minimum absolute atomic E-state index is 0.0136. The van der Waals surface area contributed by atoms with Crippen molar-refractivity contribution in [1.29, 1.82) is 0 Å². The Hall–Kier alpha value is -1.80. The summed E-state index contributed by atoms with van der Waals surface area (Å²) < 4.78 is 1.12. The molecule has 2 rings (SSSR count). The number of hydrogen-bond donors (Lipinski definition) is 2. The van der Waals surface area contributed by atoms with Crippen molar-refractivity contribution in [2.24, 2.45) is 0 Å². The second kappa shape index (κ2) is 3.41. The third-order valence-electron chi connectivity index (χ3n) is 1.74. The molecule has 0 unspecified atom stereocenters. The minimum atomic E-state index is -1.17. The van der Waals surface area contributed by atoms with E-state index in [1.807, 2.05) is 0 Å². The second-order valence-corrected chi connectivity index (χ2v) is 3.07. The molecule has 0 spiro atoms. The number of fused-ring (bicyclic) bond motifs is 1. The lowest BCUT2D eigenvalue weighted by atomic mass is 10.3. The van der Waals surface area contributed by atoms with E-state index in [1.165, 1.54) is 0 Å². The van der Waals surface area contributed by atoms with E-state index >= 15 is 0 Å². The van der Waals surface area contributed by atoms with Crippen molar-refractivity contribution in [2.45, 2.75) is 11.6 Å². The van der Waals surface area contributed by atoms with Gasteiger partial charge in [0.1, 0.15) is 17.2 Å². The maximum atomic E-state index is 10.7. The number of nitrogens with zero attached hydrogens (tertiary/aromatic N) is 4. The quantitative estimate of drug-likeness (QED) is 0.690. The van der Waals surface area contributed by atoms with Gasteiger partial charge in [0, 0.05) is 6.20 Å². The van der Waals surface area contributed by atoms with Gasteiger partial charge in [-0.2, -0.15) is 9.50 Å². The number of hydrogen-bond acceptors (Lipinski definition) is 5. The summed E-state index contributed by atoms with van der Waals surface area (Å²) in [6.45, 7) is -0.347. The first-order chi connectivity index (χ1) is 7.13. The molecule has 0 aliphatic heterocycles. The largest absolute Gasteiger partial charge is 0.478 e. The summed E-state index contributed by atoms with van der Waals surface area (Å²) >= 11 is 4.89. The van der Waals surface area contributed by atoms with Crippen LogP contribution in [0.5, 0.6) is 0 Å². The van der Waals surface area contributed by atoms with Crippen molar-refractivity contribution in [3.8, 4) is 0 Å². The van der Waals surface area contributed by atoms with E-state index in [1.54, 1.807) is 0 Å². The molecule has 8 heteroatoms. The first-order valence-corrected chi connectivity index (χ1v) is 4.30. The van der Waals surface area contributed by atoms with E-state index in [-0.39, 0.29) is 28.8 Å². The van der Waals surface area contributed by atoms with Gasteiger partial charge in [0.25, 0.3) is 5.78 Å². The molecule has 2 aromatic heterocycles. The lowest BCUT2D eigenvalue weighted by Gasteiger charge is -1.98. The van der Waals surface area contributed by atoms with E-state index in [9.17, 15) is 4.79 Å². The molecule has 0 bridgehead atoms. The Balaban J connectivity index is 2.72. The van der Waals surface area contributed by atoms with Crippen molar-refractivity contribution in [3.63, 3.8) is 0 Å². The molecule has 2 aromatic rings. The van der Waals surface area contributed by atoms with Gasteiger partial charge in [0.2, 0.25) is 0 Å². The highest BCUT2D eigenvalue weighted by Gasteiger charge is 2.15. The highest BCUT2D eigenvalue weighted by molar-refractivity contribution is 7.80. The van der Waals surface area contributed by atoms with Crippen molar-refractivity contribution in [2.75, 3.05) is 0 Å². The highest BCUT2D eigenvalue weighted by atomic mass is 32.1. The Morgan fingerprint density at radius 3 is 2.93 bits per heavy atom. The number of carboxylic acids is 1. The van der Waals surface area contributed by atoms with Gasteiger partial charge in [0.15, 0.2) is 5.82 Å². The molecule has 7 nitrogen and oxygen atoms in total. The summed E-state index contributed by atoms with van der Waals surface area (Å²) in [6.07, 6.45) is 1.12. The Morgan fingerprint density at radius 2 is 2.33 bits per heavy atom. The number of aliphatic hydroxyl groups is 1. The van der Waals surface area contributed by atoms with Gasteiger partial charge < -0.3 is 10.2 Å². The third-order valence-corrected chi connectivity index (χ3v) is 2.13. The van der Waals surface area contributed by atoms with Crippen LogP contribution in [0.15, 0.2) is 11.2 Å². The molecule has 0 amide bonds. The Bertz CT molecular complexity index is 538. The lowest BCUT2D eigenvalue weighted by Crippen LogP contribution is -2.05. The fraction of sp³-hybridized carbons (Fsp3) is 0.143. The SMILES string of the molecule is O=C(O)c1cnc2nc(CO)nn2c1[S]. The Labute approximate surface area is 88.8 Å². The summed E-state index contributed by atoms with van der Waals surface area (Å²) in [4.78, 5) is 18.3. The van der Waals surface area contributed by atoms with Gasteiger partial charge in [-0.15, -0.1) is 5.10 Å². The monoisotopic (exact) mass is 225 g/mol. The van der Waals surface area contributed by atoms with Crippen LogP contribution in [0.3, 0.4) is 0 Å². The van der Waals surface area contributed by atoms with E-state index in [0.29, 0.717) is 0 Å². The minimum Gasteiger partial charge on any atom is -0.478 e. The predicted molar refractivity (Wildman–Crippen MR) is 49.5 cm³/mol. The molecule has 15 heavy (non-hydrogen) atoms. The molecular weight excluding hydrogens is 220 g/mol. The summed E-state index contributed by atoms with van der Waals surface area (Å²) in [6, 6.07) is 0. The van der Waals surface area contributed by atoms with E-state index in [2.05, 4.69) is 15.1 Å². The Morgan fingerprint density at radius 1 is 1.60 bits per heavy atom. The molecule has 0 fully saturated rings. The molecule has 0 aromatic carbocycles. The first kappa shape index (κ1) is 9.74.